The molecule has 0 spiro atoms. The molecule has 0 fully saturated rings. The maximum absolute atomic E-state index is 13.2. The van der Waals surface area contributed by atoms with E-state index >= 15 is 0 Å². The molecule has 1 aromatic carbocycles. The largest absolute Gasteiger partial charge is 0.481 e. The van der Waals surface area contributed by atoms with E-state index in [0.29, 0.717) is 16.8 Å². The Bertz CT molecular complexity index is 911. The molecular weight excluding hydrogens is 364 g/mol. The molecular formula is C21H19ClN2O3. The third kappa shape index (κ3) is 4.44. The number of hydrogen-bond acceptors (Lipinski definition) is 5. The minimum atomic E-state index is -0.529. The Labute approximate surface area is 163 Å². The summed E-state index contributed by atoms with van der Waals surface area (Å²) >= 11 is 6.39. The van der Waals surface area contributed by atoms with Crippen molar-refractivity contribution < 1.29 is 14.3 Å². The first-order valence-electron chi connectivity index (χ1n) is 8.38. The number of Topliss-reactive ketones (excluding diaryl/α,β-unsaturated/α-hetero) is 1. The van der Waals surface area contributed by atoms with Gasteiger partial charge in [-0.05, 0) is 22.8 Å². The van der Waals surface area contributed by atoms with Crippen LogP contribution in [-0.2, 0) is 11.2 Å². The first-order valence-corrected chi connectivity index (χ1v) is 8.76. The van der Waals surface area contributed by atoms with E-state index in [1.54, 1.807) is 44.8 Å². The summed E-state index contributed by atoms with van der Waals surface area (Å²) in [7, 11) is 3.10. The van der Waals surface area contributed by atoms with Crippen molar-refractivity contribution in [1.82, 2.24) is 9.97 Å². The number of ether oxygens (including phenoxy) is 2. The molecule has 5 nitrogen and oxygen atoms in total. The summed E-state index contributed by atoms with van der Waals surface area (Å²) < 4.78 is 10.2. The highest BCUT2D eigenvalue weighted by atomic mass is 35.5. The lowest BCUT2D eigenvalue weighted by atomic mass is 9.86. The van der Waals surface area contributed by atoms with Gasteiger partial charge in [-0.15, -0.1) is 0 Å². The van der Waals surface area contributed by atoms with Gasteiger partial charge in [0.05, 0.1) is 20.1 Å². The first-order chi connectivity index (χ1) is 13.1. The fourth-order valence-electron chi connectivity index (χ4n) is 2.87. The average Bonchev–Trinajstić information content (AvgIpc) is 2.71. The summed E-state index contributed by atoms with van der Waals surface area (Å²) in [5.74, 6) is 0.470. The van der Waals surface area contributed by atoms with Crippen LogP contribution in [0.5, 0.6) is 11.8 Å². The van der Waals surface area contributed by atoms with E-state index < -0.39 is 5.92 Å². The van der Waals surface area contributed by atoms with E-state index in [1.807, 2.05) is 30.3 Å². The van der Waals surface area contributed by atoms with Gasteiger partial charge in [0.2, 0.25) is 11.8 Å². The number of carbonyl (C=O) groups is 1. The highest BCUT2D eigenvalue weighted by Gasteiger charge is 2.25. The van der Waals surface area contributed by atoms with Gasteiger partial charge in [-0.2, -0.15) is 0 Å². The van der Waals surface area contributed by atoms with Crippen LogP contribution >= 0.6 is 11.6 Å². The van der Waals surface area contributed by atoms with Crippen LogP contribution in [0.25, 0.3) is 0 Å². The number of carbonyl (C=O) groups excluding carboxylic acids is 1. The third-order valence-electron chi connectivity index (χ3n) is 4.22. The zero-order valence-electron chi connectivity index (χ0n) is 15.1. The fraction of sp³-hybridized carbons (Fsp3) is 0.190. The maximum Gasteiger partial charge on any atom is 0.212 e. The molecule has 0 aliphatic rings. The molecule has 0 saturated heterocycles. The van der Waals surface area contributed by atoms with Crippen LogP contribution in [0.4, 0.5) is 0 Å². The number of ketones is 1. The second-order valence-electron chi connectivity index (χ2n) is 5.94. The molecule has 0 aliphatic carbocycles. The summed E-state index contributed by atoms with van der Waals surface area (Å²) in [6, 6.07) is 14.5. The molecule has 0 radical (unpaired) electrons. The van der Waals surface area contributed by atoms with E-state index in [-0.39, 0.29) is 12.2 Å². The number of benzene rings is 1. The molecule has 0 bridgehead atoms. The predicted octanol–water partition coefficient (Wildman–Crippen LogP) is 4.09. The summed E-state index contributed by atoms with van der Waals surface area (Å²) in [6.07, 6.45) is 3.52. The minimum Gasteiger partial charge on any atom is -0.481 e. The molecule has 0 saturated carbocycles. The van der Waals surface area contributed by atoms with E-state index in [4.69, 9.17) is 21.1 Å². The van der Waals surface area contributed by atoms with Gasteiger partial charge < -0.3 is 9.47 Å². The van der Waals surface area contributed by atoms with Gasteiger partial charge in [0.15, 0.2) is 0 Å². The Morgan fingerprint density at radius 3 is 2.19 bits per heavy atom. The van der Waals surface area contributed by atoms with Crippen molar-refractivity contribution >= 4 is 17.4 Å². The number of nitrogens with zero attached hydrogens (tertiary/aromatic N) is 2. The van der Waals surface area contributed by atoms with Crippen molar-refractivity contribution in [1.29, 1.82) is 0 Å². The van der Waals surface area contributed by atoms with Crippen molar-refractivity contribution in [2.75, 3.05) is 14.2 Å². The Balaban J connectivity index is 1.95. The van der Waals surface area contributed by atoms with Gasteiger partial charge in [0.25, 0.3) is 0 Å². The predicted molar refractivity (Wildman–Crippen MR) is 104 cm³/mol. The zero-order valence-corrected chi connectivity index (χ0v) is 15.8. The van der Waals surface area contributed by atoms with Gasteiger partial charge in [-0.25, -0.2) is 9.97 Å². The summed E-state index contributed by atoms with van der Waals surface area (Å²) in [6.45, 7) is 0. The molecule has 0 N–H and O–H groups in total. The zero-order chi connectivity index (χ0) is 19.2. The van der Waals surface area contributed by atoms with Crippen molar-refractivity contribution in [3.05, 3.63) is 82.6 Å². The van der Waals surface area contributed by atoms with Crippen molar-refractivity contribution in [3.63, 3.8) is 0 Å². The van der Waals surface area contributed by atoms with Crippen LogP contribution in [0.1, 0.15) is 22.6 Å². The quantitative estimate of drug-likeness (QED) is 0.615. The van der Waals surface area contributed by atoms with Crippen LogP contribution in [0.3, 0.4) is 0 Å². The molecule has 6 heteroatoms. The minimum absolute atomic E-state index is 0.00188. The van der Waals surface area contributed by atoms with Crippen LogP contribution in [0, 0.1) is 0 Å². The molecule has 27 heavy (non-hydrogen) atoms. The lowest BCUT2D eigenvalue weighted by Crippen LogP contribution is -2.17. The number of halogens is 1. The second kappa shape index (κ2) is 8.64. The lowest BCUT2D eigenvalue weighted by Gasteiger charge is -2.18. The smallest absolute Gasteiger partial charge is 0.212 e. The normalized spacial score (nSPS) is 11.7. The summed E-state index contributed by atoms with van der Waals surface area (Å²) in [5.41, 5.74) is 2.31. The molecule has 3 rings (SSSR count). The van der Waals surface area contributed by atoms with Crippen LogP contribution in [-0.4, -0.2) is 30.0 Å². The standard InChI is InChI=1S/C21H19ClN2O3/c1-26-19-9-7-14(12-23-19)11-18(25)21(16-5-3-4-6-17(16)22)15-8-10-20(27-2)24-13-15/h3-10,12-13,21H,11H2,1-2H3. The molecule has 0 aliphatic heterocycles. The molecule has 0 amide bonds. The maximum atomic E-state index is 13.2. The topological polar surface area (TPSA) is 61.3 Å². The second-order valence-corrected chi connectivity index (χ2v) is 6.35. The molecule has 3 aromatic rings. The monoisotopic (exact) mass is 382 g/mol. The van der Waals surface area contributed by atoms with Crippen molar-refractivity contribution in [2.45, 2.75) is 12.3 Å². The van der Waals surface area contributed by atoms with Gasteiger partial charge in [-0.3, -0.25) is 4.79 Å². The highest BCUT2D eigenvalue weighted by Crippen LogP contribution is 2.32. The summed E-state index contributed by atoms with van der Waals surface area (Å²) in [5, 5.41) is 0.541. The van der Waals surface area contributed by atoms with Crippen LogP contribution < -0.4 is 9.47 Å². The highest BCUT2D eigenvalue weighted by molar-refractivity contribution is 6.31. The van der Waals surface area contributed by atoms with Gasteiger partial charge in [-0.1, -0.05) is 41.9 Å². The van der Waals surface area contributed by atoms with E-state index in [1.165, 1.54) is 0 Å². The Morgan fingerprint density at radius 2 is 1.63 bits per heavy atom. The first kappa shape index (κ1) is 18.9. The number of pyridine rings is 2. The van der Waals surface area contributed by atoms with E-state index in [9.17, 15) is 4.79 Å². The molecule has 2 heterocycles. The van der Waals surface area contributed by atoms with E-state index in [0.717, 1.165) is 16.7 Å². The Hall–Kier alpha value is -2.92. The Morgan fingerprint density at radius 1 is 0.963 bits per heavy atom. The molecule has 1 unspecified atom stereocenters. The van der Waals surface area contributed by atoms with Gasteiger partial charge in [0.1, 0.15) is 5.78 Å². The summed E-state index contributed by atoms with van der Waals surface area (Å²) in [4.78, 5) is 21.6. The van der Waals surface area contributed by atoms with Crippen LogP contribution in [0.15, 0.2) is 60.9 Å². The van der Waals surface area contributed by atoms with Gasteiger partial charge in [0, 0.05) is 36.0 Å². The lowest BCUT2D eigenvalue weighted by molar-refractivity contribution is -0.119. The average molecular weight is 383 g/mol. The number of hydrogen-bond donors (Lipinski definition) is 0. The number of methoxy groups -OCH3 is 2. The SMILES string of the molecule is COc1ccc(CC(=O)C(c2ccc(OC)nc2)c2ccccc2Cl)cn1. The van der Waals surface area contributed by atoms with Gasteiger partial charge >= 0.3 is 0 Å². The van der Waals surface area contributed by atoms with Crippen molar-refractivity contribution in [2.24, 2.45) is 0 Å². The van der Waals surface area contributed by atoms with E-state index in [2.05, 4.69) is 9.97 Å². The molecule has 1 atom stereocenters. The molecule has 2 aromatic heterocycles. The number of aromatic nitrogens is 2. The number of rotatable bonds is 7. The Kier molecular flexibility index (Phi) is 6.04. The third-order valence-corrected chi connectivity index (χ3v) is 4.57. The van der Waals surface area contributed by atoms with Crippen LogP contribution in [0.2, 0.25) is 5.02 Å². The molecule has 138 valence electrons. The fourth-order valence-corrected chi connectivity index (χ4v) is 3.12. The van der Waals surface area contributed by atoms with Crippen molar-refractivity contribution in [3.8, 4) is 11.8 Å².